The first kappa shape index (κ1) is 11.9. The molecule has 0 aromatic carbocycles. The third kappa shape index (κ3) is 2.42. The third-order valence-corrected chi connectivity index (χ3v) is 3.62. The summed E-state index contributed by atoms with van der Waals surface area (Å²) >= 11 is 6.49. The van der Waals surface area contributed by atoms with Gasteiger partial charge in [-0.15, -0.1) is 22.9 Å². The molecule has 0 aliphatic rings. The first-order valence-electron chi connectivity index (χ1n) is 4.16. The van der Waals surface area contributed by atoms with Gasteiger partial charge in [0.15, 0.2) is 5.38 Å². The summed E-state index contributed by atoms with van der Waals surface area (Å²) in [6.07, 6.45) is -3.78. The molecule has 1 rings (SSSR count). The third-order valence-electron chi connectivity index (χ3n) is 1.86. The molecule has 0 spiro atoms. The maximum Gasteiger partial charge on any atom is 0.409 e. The Labute approximate surface area is 89.7 Å². The zero-order valence-corrected chi connectivity index (χ0v) is 9.35. The van der Waals surface area contributed by atoms with Gasteiger partial charge in [0.2, 0.25) is 0 Å². The minimum atomic E-state index is -4.36. The molecule has 1 unspecified atom stereocenters. The van der Waals surface area contributed by atoms with Crippen LogP contribution in [-0.2, 0) is 6.42 Å². The van der Waals surface area contributed by atoms with E-state index in [4.69, 9.17) is 11.6 Å². The maximum absolute atomic E-state index is 12.3. The molecule has 1 heterocycles. The van der Waals surface area contributed by atoms with Crippen LogP contribution in [0.15, 0.2) is 6.07 Å². The Hall–Kier alpha value is -0.220. The summed E-state index contributed by atoms with van der Waals surface area (Å²) < 4.78 is 37.0. The Morgan fingerprint density at radius 2 is 2.07 bits per heavy atom. The second-order valence-corrected chi connectivity index (χ2v) is 4.73. The molecule has 14 heavy (non-hydrogen) atoms. The van der Waals surface area contributed by atoms with Gasteiger partial charge in [-0.05, 0) is 25.0 Å². The van der Waals surface area contributed by atoms with Crippen molar-refractivity contribution >= 4 is 22.9 Å². The lowest BCUT2D eigenvalue weighted by Crippen LogP contribution is -2.15. The normalized spacial score (nSPS) is 14.4. The van der Waals surface area contributed by atoms with Gasteiger partial charge in [0.25, 0.3) is 0 Å². The number of rotatable bonds is 2. The molecule has 0 nitrogen and oxygen atoms in total. The molecule has 5 heteroatoms. The molecule has 1 atom stereocenters. The minimum Gasteiger partial charge on any atom is -0.169 e. The lowest BCUT2D eigenvalue weighted by atomic mass is 10.1. The molecule has 0 saturated carbocycles. The molecular formula is C9H10ClF3S. The van der Waals surface area contributed by atoms with Gasteiger partial charge >= 0.3 is 6.18 Å². The van der Waals surface area contributed by atoms with Gasteiger partial charge in [-0.2, -0.15) is 13.2 Å². The Balaban J connectivity index is 3.05. The van der Waals surface area contributed by atoms with Gasteiger partial charge in [-0.1, -0.05) is 6.92 Å². The summed E-state index contributed by atoms with van der Waals surface area (Å²) in [6.45, 7) is 3.61. The van der Waals surface area contributed by atoms with Crippen LogP contribution in [-0.4, -0.2) is 6.18 Å². The second kappa shape index (κ2) is 4.11. The summed E-state index contributed by atoms with van der Waals surface area (Å²) in [5, 5.41) is -1.86. The number of hydrogen-bond acceptors (Lipinski definition) is 1. The zero-order chi connectivity index (χ0) is 10.9. The van der Waals surface area contributed by atoms with Crippen LogP contribution >= 0.6 is 22.9 Å². The van der Waals surface area contributed by atoms with E-state index in [2.05, 4.69) is 0 Å². The highest BCUT2D eigenvalue weighted by molar-refractivity contribution is 7.12. The van der Waals surface area contributed by atoms with E-state index in [0.717, 1.165) is 16.2 Å². The molecule has 0 aliphatic heterocycles. The van der Waals surface area contributed by atoms with Gasteiger partial charge in [0, 0.05) is 9.75 Å². The summed E-state index contributed by atoms with van der Waals surface area (Å²) in [6, 6.07) is 1.76. The van der Waals surface area contributed by atoms with E-state index in [1.54, 1.807) is 13.0 Å². The van der Waals surface area contributed by atoms with Crippen molar-refractivity contribution in [1.82, 2.24) is 0 Å². The largest absolute Gasteiger partial charge is 0.409 e. The first-order chi connectivity index (χ1) is 6.36. The minimum absolute atomic E-state index is 0.235. The van der Waals surface area contributed by atoms with Gasteiger partial charge in [0.1, 0.15) is 0 Å². The van der Waals surface area contributed by atoms with Crippen LogP contribution in [0.3, 0.4) is 0 Å². The number of halogens is 4. The molecule has 0 radical (unpaired) electrons. The Morgan fingerprint density at radius 1 is 1.50 bits per heavy atom. The predicted molar refractivity (Wildman–Crippen MR) is 53.1 cm³/mol. The highest BCUT2D eigenvalue weighted by Crippen LogP contribution is 2.42. The Kier molecular flexibility index (Phi) is 3.48. The Morgan fingerprint density at radius 3 is 2.50 bits per heavy atom. The van der Waals surface area contributed by atoms with Crippen molar-refractivity contribution in [3.05, 3.63) is 21.4 Å². The summed E-state index contributed by atoms with van der Waals surface area (Å²) in [5.74, 6) is 0. The second-order valence-electron chi connectivity index (χ2n) is 3.00. The van der Waals surface area contributed by atoms with Crippen molar-refractivity contribution in [2.24, 2.45) is 0 Å². The quantitative estimate of drug-likeness (QED) is 0.672. The summed E-state index contributed by atoms with van der Waals surface area (Å²) in [5.41, 5.74) is 0.699. The van der Waals surface area contributed by atoms with Crippen LogP contribution in [0.25, 0.3) is 0 Å². The molecule has 0 bridgehead atoms. The maximum atomic E-state index is 12.3. The van der Waals surface area contributed by atoms with Gasteiger partial charge in [-0.25, -0.2) is 0 Å². The predicted octanol–water partition coefficient (Wildman–Crippen LogP) is 4.46. The average Bonchev–Trinajstić information content (AvgIpc) is 2.43. The van der Waals surface area contributed by atoms with Crippen molar-refractivity contribution in [1.29, 1.82) is 0 Å². The number of thiophene rings is 1. The molecule has 0 saturated heterocycles. The summed E-state index contributed by atoms with van der Waals surface area (Å²) in [4.78, 5) is 1.10. The van der Waals surface area contributed by atoms with E-state index in [0.29, 0.717) is 12.0 Å². The first-order valence-corrected chi connectivity index (χ1v) is 5.41. The molecule has 1 aromatic rings. The van der Waals surface area contributed by atoms with E-state index < -0.39 is 11.6 Å². The fourth-order valence-electron chi connectivity index (χ4n) is 1.22. The van der Waals surface area contributed by atoms with Crippen LogP contribution in [0.1, 0.15) is 27.6 Å². The smallest absolute Gasteiger partial charge is 0.169 e. The van der Waals surface area contributed by atoms with Crippen LogP contribution in [0.5, 0.6) is 0 Å². The van der Waals surface area contributed by atoms with Crippen molar-refractivity contribution in [2.75, 3.05) is 0 Å². The highest BCUT2D eigenvalue weighted by atomic mass is 35.5. The molecule has 0 fully saturated rings. The van der Waals surface area contributed by atoms with Crippen LogP contribution < -0.4 is 0 Å². The standard InChI is InChI=1S/C9H10ClF3S/c1-3-6-4-5(2)14-7(6)8(10)9(11,12)13/h4,8H,3H2,1-2H3. The summed E-state index contributed by atoms with van der Waals surface area (Å²) in [7, 11) is 0. The van der Waals surface area contributed by atoms with E-state index >= 15 is 0 Å². The molecular weight excluding hydrogens is 233 g/mol. The fraction of sp³-hybridized carbons (Fsp3) is 0.556. The van der Waals surface area contributed by atoms with E-state index in [1.165, 1.54) is 0 Å². The molecule has 0 N–H and O–H groups in total. The molecule has 0 aliphatic carbocycles. The number of alkyl halides is 4. The van der Waals surface area contributed by atoms with Gasteiger partial charge in [0.05, 0.1) is 0 Å². The van der Waals surface area contributed by atoms with Crippen LogP contribution in [0.4, 0.5) is 13.2 Å². The van der Waals surface area contributed by atoms with Crippen molar-refractivity contribution in [3.8, 4) is 0 Å². The lowest BCUT2D eigenvalue weighted by molar-refractivity contribution is -0.131. The van der Waals surface area contributed by atoms with E-state index in [9.17, 15) is 13.2 Å². The van der Waals surface area contributed by atoms with Gasteiger partial charge < -0.3 is 0 Å². The fourth-order valence-corrected chi connectivity index (χ4v) is 2.62. The van der Waals surface area contributed by atoms with Crippen molar-refractivity contribution in [3.63, 3.8) is 0 Å². The van der Waals surface area contributed by atoms with E-state index in [1.807, 2.05) is 6.92 Å². The molecule has 1 aromatic heterocycles. The van der Waals surface area contributed by atoms with Gasteiger partial charge in [-0.3, -0.25) is 0 Å². The van der Waals surface area contributed by atoms with Crippen LogP contribution in [0, 0.1) is 6.92 Å². The Bertz CT molecular complexity index is 316. The number of hydrogen-bond donors (Lipinski definition) is 0. The topological polar surface area (TPSA) is 0 Å². The lowest BCUT2D eigenvalue weighted by Gasteiger charge is -2.13. The monoisotopic (exact) mass is 242 g/mol. The van der Waals surface area contributed by atoms with Crippen molar-refractivity contribution < 1.29 is 13.2 Å². The van der Waals surface area contributed by atoms with Crippen LogP contribution in [0.2, 0.25) is 0 Å². The highest BCUT2D eigenvalue weighted by Gasteiger charge is 2.41. The molecule has 0 amide bonds. The van der Waals surface area contributed by atoms with Crippen molar-refractivity contribution in [2.45, 2.75) is 31.8 Å². The SMILES string of the molecule is CCc1cc(C)sc1C(Cl)C(F)(F)F. The zero-order valence-electron chi connectivity index (χ0n) is 7.78. The number of aryl methyl sites for hydroxylation is 2. The molecule has 80 valence electrons. The van der Waals surface area contributed by atoms with E-state index in [-0.39, 0.29) is 4.88 Å². The average molecular weight is 243 g/mol.